The van der Waals surface area contributed by atoms with E-state index in [1.54, 1.807) is 24.3 Å². The summed E-state index contributed by atoms with van der Waals surface area (Å²) < 4.78 is 12.7. The molecule has 0 aromatic heterocycles. The molecule has 0 atom stereocenters. The van der Waals surface area contributed by atoms with E-state index in [-0.39, 0.29) is 11.7 Å². The Hall–Kier alpha value is -2.36. The third-order valence-corrected chi connectivity index (χ3v) is 2.50. The first-order chi connectivity index (χ1) is 9.19. The van der Waals surface area contributed by atoms with Crippen LogP contribution in [0.1, 0.15) is 10.4 Å². The Bertz CT molecular complexity index is 632. The van der Waals surface area contributed by atoms with Gasteiger partial charge < -0.3 is 5.32 Å². The molecule has 1 amide bonds. The lowest BCUT2D eigenvalue weighted by molar-refractivity contribution is 0.102. The second-order valence-electron chi connectivity index (χ2n) is 3.71. The maximum Gasteiger partial charge on any atom is 0.255 e. The highest BCUT2D eigenvalue weighted by atomic mass is 32.1. The summed E-state index contributed by atoms with van der Waals surface area (Å²) in [6.07, 6.45) is 0. The topological polar surface area (TPSA) is 41.5 Å². The third-order valence-electron chi connectivity index (χ3n) is 2.41. The van der Waals surface area contributed by atoms with Crippen LogP contribution in [-0.2, 0) is 0 Å². The number of amides is 1. The third kappa shape index (κ3) is 3.55. The minimum Gasteiger partial charge on any atom is -0.322 e. The molecule has 3 nitrogen and oxygen atoms in total. The van der Waals surface area contributed by atoms with Crippen LogP contribution in [0.4, 0.5) is 15.8 Å². The Kier molecular flexibility index (Phi) is 4.13. The molecule has 0 aliphatic carbocycles. The van der Waals surface area contributed by atoms with Gasteiger partial charge in [-0.2, -0.15) is 4.99 Å². The maximum atomic E-state index is 12.7. The van der Waals surface area contributed by atoms with Crippen LogP contribution in [0, 0.1) is 5.82 Å². The molecule has 0 heterocycles. The van der Waals surface area contributed by atoms with Crippen molar-refractivity contribution in [3.05, 3.63) is 59.9 Å². The molecule has 0 radical (unpaired) electrons. The lowest BCUT2D eigenvalue weighted by Gasteiger charge is -2.05. The zero-order valence-electron chi connectivity index (χ0n) is 9.76. The molecule has 0 bridgehead atoms. The van der Waals surface area contributed by atoms with Gasteiger partial charge in [-0.15, -0.1) is 0 Å². The number of rotatable bonds is 3. The van der Waals surface area contributed by atoms with Crippen molar-refractivity contribution in [3.63, 3.8) is 0 Å². The second-order valence-corrected chi connectivity index (χ2v) is 3.89. The monoisotopic (exact) mass is 272 g/mol. The number of carbonyl (C=O) groups is 1. The number of thiocarbonyl (C=S) groups is 1. The fourth-order valence-corrected chi connectivity index (χ4v) is 1.58. The highest BCUT2D eigenvalue weighted by Crippen LogP contribution is 2.16. The summed E-state index contributed by atoms with van der Waals surface area (Å²) >= 11 is 4.49. The van der Waals surface area contributed by atoms with Crippen LogP contribution in [0.15, 0.2) is 53.5 Å². The highest BCUT2D eigenvalue weighted by molar-refractivity contribution is 7.78. The van der Waals surface area contributed by atoms with Gasteiger partial charge in [0.05, 0.1) is 10.8 Å². The zero-order chi connectivity index (χ0) is 13.7. The molecular weight excluding hydrogens is 263 g/mol. The molecule has 0 spiro atoms. The molecule has 1 N–H and O–H groups in total. The molecule has 19 heavy (non-hydrogen) atoms. The number of isothiocyanates is 1. The Morgan fingerprint density at radius 3 is 2.32 bits per heavy atom. The zero-order valence-corrected chi connectivity index (χ0v) is 10.6. The number of aliphatic imine (C=N–C) groups is 1. The summed E-state index contributed by atoms with van der Waals surface area (Å²) in [5.41, 5.74) is 1.68. The van der Waals surface area contributed by atoms with E-state index >= 15 is 0 Å². The number of benzene rings is 2. The molecule has 94 valence electrons. The van der Waals surface area contributed by atoms with Gasteiger partial charge in [-0.25, -0.2) is 4.39 Å². The smallest absolute Gasteiger partial charge is 0.255 e. The minimum atomic E-state index is -0.376. The molecule has 0 aliphatic rings. The van der Waals surface area contributed by atoms with Crippen LogP contribution in [0.25, 0.3) is 0 Å². The van der Waals surface area contributed by atoms with Crippen molar-refractivity contribution in [2.24, 2.45) is 4.99 Å². The van der Waals surface area contributed by atoms with Crippen molar-refractivity contribution in [2.45, 2.75) is 0 Å². The van der Waals surface area contributed by atoms with E-state index in [2.05, 4.69) is 27.7 Å². The first kappa shape index (κ1) is 13.1. The summed E-state index contributed by atoms with van der Waals surface area (Å²) in [7, 11) is 0. The van der Waals surface area contributed by atoms with Crippen molar-refractivity contribution in [1.29, 1.82) is 0 Å². The number of hydrogen-bond donors (Lipinski definition) is 1. The van der Waals surface area contributed by atoms with Crippen LogP contribution in [0.3, 0.4) is 0 Å². The van der Waals surface area contributed by atoms with Gasteiger partial charge in [-0.05, 0) is 60.7 Å². The number of carbonyl (C=O) groups excluding carboxylic acids is 1. The molecule has 5 heteroatoms. The van der Waals surface area contributed by atoms with Gasteiger partial charge >= 0.3 is 0 Å². The van der Waals surface area contributed by atoms with E-state index in [1.807, 2.05) is 0 Å². The maximum absolute atomic E-state index is 12.7. The molecule has 0 unspecified atom stereocenters. The van der Waals surface area contributed by atoms with Crippen LogP contribution in [-0.4, -0.2) is 11.1 Å². The van der Waals surface area contributed by atoms with Gasteiger partial charge in [-0.3, -0.25) is 4.79 Å². The minimum absolute atomic E-state index is 0.300. The number of nitrogens with zero attached hydrogens (tertiary/aromatic N) is 1. The largest absolute Gasteiger partial charge is 0.322 e. The number of halogens is 1. The molecule has 2 aromatic rings. The summed E-state index contributed by atoms with van der Waals surface area (Å²) in [6, 6.07) is 12.2. The average Bonchev–Trinajstić information content (AvgIpc) is 2.42. The number of hydrogen-bond acceptors (Lipinski definition) is 3. The predicted molar refractivity (Wildman–Crippen MR) is 75.5 cm³/mol. The molecule has 0 saturated carbocycles. The molecule has 2 aromatic carbocycles. The summed E-state index contributed by atoms with van der Waals surface area (Å²) in [4.78, 5) is 15.7. The van der Waals surface area contributed by atoms with E-state index in [0.29, 0.717) is 16.9 Å². The lowest BCUT2D eigenvalue weighted by Crippen LogP contribution is -2.11. The van der Waals surface area contributed by atoms with Crippen LogP contribution < -0.4 is 5.32 Å². The molecule has 0 saturated heterocycles. The van der Waals surface area contributed by atoms with Gasteiger partial charge in [0.2, 0.25) is 0 Å². The van der Waals surface area contributed by atoms with Gasteiger partial charge in [0.15, 0.2) is 0 Å². The fraction of sp³-hybridized carbons (Fsp3) is 0. The second kappa shape index (κ2) is 6.00. The first-order valence-electron chi connectivity index (χ1n) is 5.44. The van der Waals surface area contributed by atoms with Crippen molar-refractivity contribution < 1.29 is 9.18 Å². The van der Waals surface area contributed by atoms with Gasteiger partial charge in [-0.1, -0.05) is 0 Å². The standard InChI is InChI=1S/C14H9FN2OS/c15-11-3-1-10(2-4-11)14(18)17-13-7-5-12(6-8-13)16-9-19/h1-8H,(H,17,18). The van der Waals surface area contributed by atoms with Crippen LogP contribution in [0.5, 0.6) is 0 Å². The fourth-order valence-electron chi connectivity index (χ4n) is 1.48. The van der Waals surface area contributed by atoms with E-state index in [1.165, 1.54) is 24.3 Å². The quantitative estimate of drug-likeness (QED) is 0.682. The number of anilines is 1. The summed E-state index contributed by atoms with van der Waals surface area (Å²) in [5, 5.41) is 4.96. The van der Waals surface area contributed by atoms with Crippen molar-refractivity contribution in [3.8, 4) is 0 Å². The van der Waals surface area contributed by atoms with E-state index < -0.39 is 0 Å². The number of nitrogens with one attached hydrogen (secondary N) is 1. The Labute approximate surface area is 114 Å². The average molecular weight is 272 g/mol. The Morgan fingerprint density at radius 1 is 1.11 bits per heavy atom. The Balaban J connectivity index is 2.10. The lowest BCUT2D eigenvalue weighted by atomic mass is 10.2. The van der Waals surface area contributed by atoms with Gasteiger partial charge in [0.1, 0.15) is 5.82 Å². The SMILES string of the molecule is O=C(Nc1ccc(N=C=S)cc1)c1ccc(F)cc1. The van der Waals surface area contributed by atoms with E-state index in [4.69, 9.17) is 0 Å². The Morgan fingerprint density at radius 2 is 1.74 bits per heavy atom. The molecule has 2 rings (SSSR count). The van der Waals surface area contributed by atoms with Crippen molar-refractivity contribution in [2.75, 3.05) is 5.32 Å². The first-order valence-corrected chi connectivity index (χ1v) is 5.85. The predicted octanol–water partition coefficient (Wildman–Crippen LogP) is 3.81. The van der Waals surface area contributed by atoms with E-state index in [9.17, 15) is 9.18 Å². The van der Waals surface area contributed by atoms with Crippen molar-refractivity contribution >= 4 is 34.7 Å². The van der Waals surface area contributed by atoms with Crippen LogP contribution in [0.2, 0.25) is 0 Å². The summed E-state index contributed by atoms with van der Waals surface area (Å²) in [5.74, 6) is -0.676. The molecule has 0 aliphatic heterocycles. The van der Waals surface area contributed by atoms with Crippen LogP contribution >= 0.6 is 12.2 Å². The normalized spacial score (nSPS) is 9.53. The highest BCUT2D eigenvalue weighted by Gasteiger charge is 2.05. The summed E-state index contributed by atoms with van der Waals surface area (Å²) in [6.45, 7) is 0. The van der Waals surface area contributed by atoms with Gasteiger partial charge in [0.25, 0.3) is 5.91 Å². The van der Waals surface area contributed by atoms with Crippen molar-refractivity contribution in [1.82, 2.24) is 0 Å². The van der Waals surface area contributed by atoms with E-state index in [0.717, 1.165) is 0 Å². The van der Waals surface area contributed by atoms with Gasteiger partial charge in [0, 0.05) is 11.3 Å². The molecular formula is C14H9FN2OS. The molecule has 0 fully saturated rings.